The Morgan fingerprint density at radius 1 is 1.28 bits per heavy atom. The van der Waals surface area contributed by atoms with E-state index < -0.39 is 21.0 Å². The van der Waals surface area contributed by atoms with Crippen LogP contribution in [0.2, 0.25) is 0 Å². The summed E-state index contributed by atoms with van der Waals surface area (Å²) in [5.41, 5.74) is 1.90. The summed E-state index contributed by atoms with van der Waals surface area (Å²) in [5.74, 6) is -0.0449. The second-order valence-electron chi connectivity index (χ2n) is 4.14. The largest absolute Gasteiger partial charge is 0.351 e. The molecule has 1 amide bonds. The summed E-state index contributed by atoms with van der Waals surface area (Å²) in [5, 5.41) is 1.56. The van der Waals surface area contributed by atoms with E-state index in [2.05, 4.69) is 5.32 Å². The third-order valence-corrected chi connectivity index (χ3v) is 4.46. The molecule has 1 aromatic carbocycles. The van der Waals surface area contributed by atoms with Crippen LogP contribution in [0.25, 0.3) is 0 Å². The number of carbonyl (C=O) groups is 1. The van der Waals surface area contributed by atoms with Crippen LogP contribution in [0.15, 0.2) is 24.3 Å². The number of hydrogen-bond acceptors (Lipinski definition) is 3. The second kappa shape index (κ2) is 6.20. The lowest BCUT2D eigenvalue weighted by molar-refractivity contribution is -0.120. The Morgan fingerprint density at radius 2 is 1.78 bits per heavy atom. The zero-order chi connectivity index (χ0) is 13.8. The summed E-state index contributed by atoms with van der Waals surface area (Å²) >= 11 is 5.66. The lowest BCUT2D eigenvalue weighted by Crippen LogP contribution is -2.36. The molecule has 1 aromatic rings. The topological polar surface area (TPSA) is 63.2 Å². The van der Waals surface area contributed by atoms with Crippen LogP contribution in [0, 0.1) is 0 Å². The van der Waals surface area contributed by atoms with Crippen molar-refractivity contribution in [3.05, 3.63) is 35.4 Å². The molecule has 0 aliphatic heterocycles. The van der Waals surface area contributed by atoms with Crippen LogP contribution in [0.1, 0.15) is 18.1 Å². The molecule has 1 atom stereocenters. The second-order valence-corrected chi connectivity index (χ2v) is 6.77. The number of alkyl halides is 1. The number of benzene rings is 1. The third kappa shape index (κ3) is 4.31. The van der Waals surface area contributed by atoms with Gasteiger partial charge in [0.25, 0.3) is 0 Å². The van der Waals surface area contributed by atoms with Crippen molar-refractivity contribution in [3.8, 4) is 0 Å². The fraction of sp³-hybridized carbons (Fsp3) is 0.417. The quantitative estimate of drug-likeness (QED) is 0.835. The number of rotatable bonds is 5. The zero-order valence-electron chi connectivity index (χ0n) is 10.3. The summed E-state index contributed by atoms with van der Waals surface area (Å²) in [6.45, 7) is 1.68. The third-order valence-electron chi connectivity index (χ3n) is 2.66. The van der Waals surface area contributed by atoms with Crippen molar-refractivity contribution in [3.63, 3.8) is 0 Å². The van der Waals surface area contributed by atoms with Gasteiger partial charge in [0.2, 0.25) is 5.91 Å². The van der Waals surface area contributed by atoms with E-state index in [-0.39, 0.29) is 0 Å². The predicted octanol–water partition coefficient (Wildman–Crippen LogP) is 1.47. The van der Waals surface area contributed by atoms with E-state index in [1.807, 2.05) is 24.3 Å². The SMILES string of the molecule is CC(C(=O)NCc1ccc(CCl)cc1)S(C)(=O)=O. The molecule has 6 heteroatoms. The molecule has 0 aliphatic rings. The molecule has 0 spiro atoms. The van der Waals surface area contributed by atoms with E-state index in [1.54, 1.807) is 0 Å². The number of halogens is 1. The van der Waals surface area contributed by atoms with Gasteiger partial charge in [-0.15, -0.1) is 11.6 Å². The van der Waals surface area contributed by atoms with Crippen molar-refractivity contribution in [2.24, 2.45) is 0 Å². The van der Waals surface area contributed by atoms with Gasteiger partial charge < -0.3 is 5.32 Å². The van der Waals surface area contributed by atoms with Crippen LogP contribution in [-0.4, -0.2) is 25.8 Å². The average molecular weight is 290 g/mol. The molecule has 1 N–H and O–H groups in total. The maximum atomic E-state index is 11.6. The molecule has 0 fully saturated rings. The van der Waals surface area contributed by atoms with Crippen LogP contribution < -0.4 is 5.32 Å². The Morgan fingerprint density at radius 3 is 2.22 bits per heavy atom. The first kappa shape index (κ1) is 15.0. The first-order valence-electron chi connectivity index (χ1n) is 5.45. The number of carbonyl (C=O) groups excluding carboxylic acids is 1. The van der Waals surface area contributed by atoms with Gasteiger partial charge in [0.05, 0.1) is 0 Å². The van der Waals surface area contributed by atoms with Crippen molar-refractivity contribution in [1.82, 2.24) is 5.32 Å². The molecular weight excluding hydrogens is 274 g/mol. The summed E-state index contributed by atoms with van der Waals surface area (Å²) in [6, 6.07) is 7.44. The van der Waals surface area contributed by atoms with Gasteiger partial charge in [-0.2, -0.15) is 0 Å². The molecule has 4 nitrogen and oxygen atoms in total. The Labute approximate surface area is 112 Å². The van der Waals surface area contributed by atoms with Gasteiger partial charge in [-0.25, -0.2) is 8.42 Å². The van der Waals surface area contributed by atoms with Gasteiger partial charge in [0.15, 0.2) is 9.84 Å². The molecule has 1 unspecified atom stereocenters. The summed E-state index contributed by atoms with van der Waals surface area (Å²) < 4.78 is 22.4. The summed E-state index contributed by atoms with van der Waals surface area (Å²) in [7, 11) is -3.35. The van der Waals surface area contributed by atoms with E-state index in [0.717, 1.165) is 17.4 Å². The normalized spacial score (nSPS) is 13.1. The highest BCUT2D eigenvalue weighted by Crippen LogP contribution is 2.07. The fourth-order valence-electron chi connectivity index (χ4n) is 1.27. The number of nitrogens with one attached hydrogen (secondary N) is 1. The Kier molecular flexibility index (Phi) is 5.16. The standard InChI is InChI=1S/C12H16ClNO3S/c1-9(18(2,16)17)12(15)14-8-11-5-3-10(7-13)4-6-11/h3-6,9H,7-8H2,1-2H3,(H,14,15). The molecule has 18 heavy (non-hydrogen) atoms. The van der Waals surface area contributed by atoms with Crippen LogP contribution in [0.5, 0.6) is 0 Å². The Balaban J connectivity index is 2.57. The fourth-order valence-corrected chi connectivity index (χ4v) is 1.92. The molecule has 0 bridgehead atoms. The maximum Gasteiger partial charge on any atom is 0.238 e. The van der Waals surface area contributed by atoms with Crippen LogP contribution in [-0.2, 0) is 27.1 Å². The monoisotopic (exact) mass is 289 g/mol. The van der Waals surface area contributed by atoms with E-state index in [4.69, 9.17) is 11.6 Å². The van der Waals surface area contributed by atoms with Gasteiger partial charge in [-0.3, -0.25) is 4.79 Å². The van der Waals surface area contributed by atoms with E-state index in [1.165, 1.54) is 6.92 Å². The highest BCUT2D eigenvalue weighted by atomic mass is 35.5. The molecule has 0 saturated carbocycles. The van der Waals surface area contributed by atoms with Gasteiger partial charge >= 0.3 is 0 Å². The zero-order valence-corrected chi connectivity index (χ0v) is 11.9. The molecular formula is C12H16ClNO3S. The van der Waals surface area contributed by atoms with Crippen molar-refractivity contribution in [2.45, 2.75) is 24.6 Å². The minimum Gasteiger partial charge on any atom is -0.351 e. The lowest BCUT2D eigenvalue weighted by atomic mass is 10.1. The Hall–Kier alpha value is -1.07. The van der Waals surface area contributed by atoms with E-state index in [9.17, 15) is 13.2 Å². The van der Waals surface area contributed by atoms with Crippen molar-refractivity contribution < 1.29 is 13.2 Å². The predicted molar refractivity (Wildman–Crippen MR) is 72.2 cm³/mol. The first-order valence-corrected chi connectivity index (χ1v) is 7.94. The van der Waals surface area contributed by atoms with Crippen LogP contribution in [0.4, 0.5) is 0 Å². The average Bonchev–Trinajstić information content (AvgIpc) is 2.34. The number of amides is 1. The van der Waals surface area contributed by atoms with Gasteiger partial charge in [-0.05, 0) is 18.1 Å². The molecule has 0 aliphatic carbocycles. The van der Waals surface area contributed by atoms with Gasteiger partial charge in [0, 0.05) is 18.7 Å². The smallest absolute Gasteiger partial charge is 0.238 e. The maximum absolute atomic E-state index is 11.6. The van der Waals surface area contributed by atoms with E-state index >= 15 is 0 Å². The van der Waals surface area contributed by atoms with Crippen LogP contribution in [0.3, 0.4) is 0 Å². The van der Waals surface area contributed by atoms with Crippen LogP contribution >= 0.6 is 11.6 Å². The van der Waals surface area contributed by atoms with Gasteiger partial charge in [-0.1, -0.05) is 24.3 Å². The minimum absolute atomic E-state index is 0.307. The van der Waals surface area contributed by atoms with Crippen molar-refractivity contribution >= 4 is 27.3 Å². The summed E-state index contributed by atoms with van der Waals surface area (Å²) in [4.78, 5) is 11.6. The number of hydrogen-bond donors (Lipinski definition) is 1. The summed E-state index contributed by atoms with van der Waals surface area (Å²) in [6.07, 6.45) is 1.05. The van der Waals surface area contributed by atoms with Gasteiger partial charge in [0.1, 0.15) is 5.25 Å². The minimum atomic E-state index is -3.35. The highest BCUT2D eigenvalue weighted by Gasteiger charge is 2.22. The molecule has 0 aromatic heterocycles. The molecule has 100 valence electrons. The number of sulfone groups is 1. The molecule has 1 rings (SSSR count). The highest BCUT2D eigenvalue weighted by molar-refractivity contribution is 7.92. The lowest BCUT2D eigenvalue weighted by Gasteiger charge is -2.10. The van der Waals surface area contributed by atoms with Crippen molar-refractivity contribution in [2.75, 3.05) is 6.26 Å². The molecule has 0 heterocycles. The molecule has 0 radical (unpaired) electrons. The Bertz CT molecular complexity index is 511. The van der Waals surface area contributed by atoms with E-state index in [0.29, 0.717) is 12.4 Å². The van der Waals surface area contributed by atoms with Crippen molar-refractivity contribution in [1.29, 1.82) is 0 Å². The first-order chi connectivity index (χ1) is 8.34. The molecule has 0 saturated heterocycles.